The maximum absolute atomic E-state index is 11.5. The van der Waals surface area contributed by atoms with Gasteiger partial charge in [-0.15, -0.1) is 0 Å². The minimum Gasteiger partial charge on any atom is -0.497 e. The van der Waals surface area contributed by atoms with Crippen LogP contribution >= 0.6 is 0 Å². The van der Waals surface area contributed by atoms with Crippen molar-refractivity contribution in [2.75, 3.05) is 14.2 Å². The zero-order chi connectivity index (χ0) is 14.8. The first kappa shape index (κ1) is 13.2. The maximum atomic E-state index is 11.5. The number of methoxy groups -OCH3 is 2. The standard InChI is InChI=1S/C17H15NO3/c1-20-12-5-3-11(4-6-12)17-15(10-19)14-9-13(21-2)7-8-16(14)18-17/h3-10,18H,1-2H3. The van der Waals surface area contributed by atoms with E-state index in [1.807, 2.05) is 42.5 Å². The van der Waals surface area contributed by atoms with Gasteiger partial charge in [0.25, 0.3) is 0 Å². The van der Waals surface area contributed by atoms with E-state index in [1.165, 1.54) is 0 Å². The third-order valence-corrected chi connectivity index (χ3v) is 3.54. The molecule has 1 heterocycles. The van der Waals surface area contributed by atoms with Crippen molar-refractivity contribution in [3.63, 3.8) is 0 Å². The van der Waals surface area contributed by atoms with Crippen molar-refractivity contribution in [2.45, 2.75) is 0 Å². The first-order valence-corrected chi connectivity index (χ1v) is 6.56. The molecule has 2 aromatic carbocycles. The number of hydrogen-bond donors (Lipinski definition) is 1. The van der Waals surface area contributed by atoms with Crippen molar-refractivity contribution < 1.29 is 14.3 Å². The summed E-state index contributed by atoms with van der Waals surface area (Å²) in [6.07, 6.45) is 0.873. The van der Waals surface area contributed by atoms with Gasteiger partial charge in [-0.05, 0) is 48.0 Å². The molecule has 0 unspecified atom stereocenters. The molecule has 0 atom stereocenters. The van der Waals surface area contributed by atoms with Crippen LogP contribution in [0.25, 0.3) is 22.2 Å². The van der Waals surface area contributed by atoms with E-state index in [2.05, 4.69) is 4.98 Å². The number of aromatic amines is 1. The lowest BCUT2D eigenvalue weighted by atomic mass is 10.1. The minimum absolute atomic E-state index is 0.633. The number of carbonyl (C=O) groups excluding carboxylic acids is 1. The third kappa shape index (κ3) is 2.25. The van der Waals surface area contributed by atoms with Crippen molar-refractivity contribution in [3.05, 3.63) is 48.0 Å². The van der Waals surface area contributed by atoms with E-state index in [1.54, 1.807) is 14.2 Å². The summed E-state index contributed by atoms with van der Waals surface area (Å²) in [4.78, 5) is 14.8. The van der Waals surface area contributed by atoms with Gasteiger partial charge in [0, 0.05) is 16.5 Å². The zero-order valence-corrected chi connectivity index (χ0v) is 11.8. The highest BCUT2D eigenvalue weighted by molar-refractivity contribution is 6.04. The molecule has 106 valence electrons. The number of aldehydes is 1. The molecule has 0 saturated heterocycles. The molecule has 1 aromatic heterocycles. The van der Waals surface area contributed by atoms with Crippen molar-refractivity contribution in [2.24, 2.45) is 0 Å². The van der Waals surface area contributed by atoms with Crippen LogP contribution in [0.2, 0.25) is 0 Å². The number of aromatic nitrogens is 1. The number of H-pyrrole nitrogens is 1. The summed E-state index contributed by atoms with van der Waals surface area (Å²) in [6, 6.07) is 13.2. The lowest BCUT2D eigenvalue weighted by molar-refractivity contribution is 0.112. The highest BCUT2D eigenvalue weighted by Gasteiger charge is 2.13. The van der Waals surface area contributed by atoms with Gasteiger partial charge in [0.1, 0.15) is 11.5 Å². The first-order chi connectivity index (χ1) is 10.3. The van der Waals surface area contributed by atoms with E-state index in [-0.39, 0.29) is 0 Å². The molecular weight excluding hydrogens is 266 g/mol. The van der Waals surface area contributed by atoms with Crippen LogP contribution in [0.15, 0.2) is 42.5 Å². The monoisotopic (exact) mass is 281 g/mol. The normalized spacial score (nSPS) is 10.6. The van der Waals surface area contributed by atoms with E-state index in [9.17, 15) is 4.79 Å². The predicted octanol–water partition coefficient (Wildman–Crippen LogP) is 3.66. The number of fused-ring (bicyclic) bond motifs is 1. The number of rotatable bonds is 4. The average Bonchev–Trinajstić information content (AvgIpc) is 2.92. The number of nitrogens with one attached hydrogen (secondary N) is 1. The van der Waals surface area contributed by atoms with Crippen molar-refractivity contribution in [3.8, 4) is 22.8 Å². The molecule has 0 saturated carbocycles. The summed E-state index contributed by atoms with van der Waals surface area (Å²) in [5.74, 6) is 1.51. The van der Waals surface area contributed by atoms with Crippen molar-refractivity contribution in [1.82, 2.24) is 4.98 Å². The van der Waals surface area contributed by atoms with Gasteiger partial charge in [-0.2, -0.15) is 0 Å². The summed E-state index contributed by atoms with van der Waals surface area (Å²) in [5.41, 5.74) is 3.28. The van der Waals surface area contributed by atoms with E-state index in [0.717, 1.165) is 39.9 Å². The molecule has 0 radical (unpaired) electrons. The average molecular weight is 281 g/mol. The van der Waals surface area contributed by atoms with Gasteiger partial charge in [-0.1, -0.05) is 0 Å². The quantitative estimate of drug-likeness (QED) is 0.742. The molecule has 0 fully saturated rings. The molecular formula is C17H15NO3. The molecule has 4 nitrogen and oxygen atoms in total. The fourth-order valence-corrected chi connectivity index (χ4v) is 2.43. The smallest absolute Gasteiger partial charge is 0.152 e. The Hall–Kier alpha value is -2.75. The summed E-state index contributed by atoms with van der Waals surface area (Å²) in [6.45, 7) is 0. The SMILES string of the molecule is COc1ccc(-c2[nH]c3ccc(OC)cc3c2C=O)cc1. The molecule has 0 bridgehead atoms. The topological polar surface area (TPSA) is 51.3 Å². The van der Waals surface area contributed by atoms with Gasteiger partial charge >= 0.3 is 0 Å². The van der Waals surface area contributed by atoms with Gasteiger partial charge < -0.3 is 14.5 Å². The molecule has 0 aliphatic heterocycles. The van der Waals surface area contributed by atoms with E-state index in [0.29, 0.717) is 5.56 Å². The minimum atomic E-state index is 0.633. The highest BCUT2D eigenvalue weighted by atomic mass is 16.5. The predicted molar refractivity (Wildman–Crippen MR) is 82.2 cm³/mol. The van der Waals surface area contributed by atoms with Crippen LogP contribution in [0.3, 0.4) is 0 Å². The fourth-order valence-electron chi connectivity index (χ4n) is 2.43. The Kier molecular flexibility index (Phi) is 3.36. The second kappa shape index (κ2) is 5.32. The van der Waals surface area contributed by atoms with Crippen molar-refractivity contribution in [1.29, 1.82) is 0 Å². The van der Waals surface area contributed by atoms with Crippen molar-refractivity contribution >= 4 is 17.2 Å². The molecule has 1 N–H and O–H groups in total. The Labute approximate surface area is 122 Å². The van der Waals surface area contributed by atoms with Gasteiger partial charge in [0.15, 0.2) is 6.29 Å². The number of ether oxygens (including phenoxy) is 2. The fraction of sp³-hybridized carbons (Fsp3) is 0.118. The Morgan fingerprint density at radius 1 is 0.952 bits per heavy atom. The molecule has 3 rings (SSSR count). The highest BCUT2D eigenvalue weighted by Crippen LogP contribution is 2.32. The van der Waals surface area contributed by atoms with Crippen LogP contribution in [0.4, 0.5) is 0 Å². The third-order valence-electron chi connectivity index (χ3n) is 3.54. The molecule has 0 aliphatic carbocycles. The summed E-state index contributed by atoms with van der Waals surface area (Å²) in [7, 11) is 3.24. The second-order valence-corrected chi connectivity index (χ2v) is 4.67. The number of hydrogen-bond acceptors (Lipinski definition) is 3. The second-order valence-electron chi connectivity index (χ2n) is 4.67. The first-order valence-electron chi connectivity index (χ1n) is 6.56. The molecule has 4 heteroatoms. The maximum Gasteiger partial charge on any atom is 0.152 e. The van der Waals surface area contributed by atoms with Gasteiger partial charge in [0.05, 0.1) is 19.9 Å². The Morgan fingerprint density at radius 2 is 1.62 bits per heavy atom. The van der Waals surface area contributed by atoms with Crippen LogP contribution < -0.4 is 9.47 Å². The molecule has 0 amide bonds. The van der Waals surface area contributed by atoms with E-state index in [4.69, 9.17) is 9.47 Å². The Balaban J connectivity index is 2.19. The van der Waals surface area contributed by atoms with Gasteiger partial charge in [0.2, 0.25) is 0 Å². The zero-order valence-electron chi connectivity index (χ0n) is 11.8. The van der Waals surface area contributed by atoms with Gasteiger partial charge in [-0.25, -0.2) is 0 Å². The van der Waals surface area contributed by atoms with Gasteiger partial charge in [-0.3, -0.25) is 4.79 Å². The molecule has 21 heavy (non-hydrogen) atoms. The Morgan fingerprint density at radius 3 is 2.24 bits per heavy atom. The number of carbonyl (C=O) groups is 1. The summed E-state index contributed by atoms with van der Waals surface area (Å²) >= 11 is 0. The van der Waals surface area contributed by atoms with Crippen LogP contribution in [-0.4, -0.2) is 25.5 Å². The van der Waals surface area contributed by atoms with Crippen LogP contribution in [-0.2, 0) is 0 Å². The summed E-state index contributed by atoms with van der Waals surface area (Å²) in [5, 5.41) is 0.857. The lowest BCUT2D eigenvalue weighted by Crippen LogP contribution is -1.86. The lowest BCUT2D eigenvalue weighted by Gasteiger charge is -2.02. The Bertz CT molecular complexity index is 788. The summed E-state index contributed by atoms with van der Waals surface area (Å²) < 4.78 is 10.4. The van der Waals surface area contributed by atoms with Crippen LogP contribution in [0, 0.1) is 0 Å². The molecule has 0 aliphatic rings. The number of benzene rings is 2. The van der Waals surface area contributed by atoms with E-state index >= 15 is 0 Å². The molecule has 3 aromatic rings. The molecule has 0 spiro atoms. The van der Waals surface area contributed by atoms with E-state index < -0.39 is 0 Å². The van der Waals surface area contributed by atoms with Crippen LogP contribution in [0.5, 0.6) is 11.5 Å². The largest absolute Gasteiger partial charge is 0.497 e. The van der Waals surface area contributed by atoms with Crippen LogP contribution in [0.1, 0.15) is 10.4 Å².